The van der Waals surface area contributed by atoms with Crippen LogP contribution in [0.5, 0.6) is 5.75 Å². The predicted molar refractivity (Wildman–Crippen MR) is 86.5 cm³/mol. The molecule has 3 rings (SSSR count). The number of hydrogen-bond acceptors (Lipinski definition) is 5. The number of nitrogens with one attached hydrogen (secondary N) is 1. The van der Waals surface area contributed by atoms with Crippen molar-refractivity contribution in [1.82, 2.24) is 5.32 Å². The van der Waals surface area contributed by atoms with Gasteiger partial charge in [-0.3, -0.25) is 4.79 Å². The summed E-state index contributed by atoms with van der Waals surface area (Å²) in [5.41, 5.74) is 1.01. The maximum atomic E-state index is 12.6. The number of fused-ring (bicyclic) bond motifs is 1. The molecule has 1 N–H and O–H groups in total. The summed E-state index contributed by atoms with van der Waals surface area (Å²) in [5.74, 6) is 0.343. The van der Waals surface area contributed by atoms with E-state index in [1.165, 1.54) is 13.2 Å². The third-order valence-electron chi connectivity index (χ3n) is 4.47. The third kappa shape index (κ3) is 3.45. The standard InChI is InChI=1S/C18H21NO4/c1-22-17(21)6-4-13-3-5-16-14(11-13)15(20)12-18(23-16)7-2-9-19-10-8-18/h3-6,11,19H,2,7-10,12H2,1H3. The van der Waals surface area contributed by atoms with Crippen molar-refractivity contribution in [2.24, 2.45) is 0 Å². The van der Waals surface area contributed by atoms with Gasteiger partial charge in [0.1, 0.15) is 11.4 Å². The van der Waals surface area contributed by atoms with Crippen LogP contribution in [0.25, 0.3) is 6.08 Å². The topological polar surface area (TPSA) is 64.6 Å². The smallest absolute Gasteiger partial charge is 0.330 e. The summed E-state index contributed by atoms with van der Waals surface area (Å²) in [4.78, 5) is 23.8. The van der Waals surface area contributed by atoms with Gasteiger partial charge in [0.25, 0.3) is 0 Å². The molecule has 2 aliphatic heterocycles. The first-order valence-electron chi connectivity index (χ1n) is 7.95. The first-order valence-corrected chi connectivity index (χ1v) is 7.95. The number of esters is 1. The molecule has 5 heteroatoms. The van der Waals surface area contributed by atoms with Crippen molar-refractivity contribution in [3.05, 3.63) is 35.4 Å². The first-order chi connectivity index (χ1) is 11.1. The van der Waals surface area contributed by atoms with Gasteiger partial charge >= 0.3 is 5.97 Å². The Bertz CT molecular complexity index is 642. The van der Waals surface area contributed by atoms with Crippen molar-refractivity contribution in [2.45, 2.75) is 31.3 Å². The van der Waals surface area contributed by atoms with Gasteiger partial charge in [-0.1, -0.05) is 6.07 Å². The van der Waals surface area contributed by atoms with E-state index in [9.17, 15) is 9.59 Å². The lowest BCUT2D eigenvalue weighted by Gasteiger charge is -2.37. The lowest BCUT2D eigenvalue weighted by molar-refractivity contribution is -0.134. The molecule has 1 fully saturated rings. The maximum Gasteiger partial charge on any atom is 0.330 e. The fourth-order valence-corrected chi connectivity index (χ4v) is 3.23. The molecule has 1 aromatic carbocycles. The minimum atomic E-state index is -0.421. The van der Waals surface area contributed by atoms with Crippen LogP contribution in [0.4, 0.5) is 0 Å². The summed E-state index contributed by atoms with van der Waals surface area (Å²) < 4.78 is 10.8. The summed E-state index contributed by atoms with van der Waals surface area (Å²) in [7, 11) is 1.33. The molecular weight excluding hydrogens is 294 g/mol. The summed E-state index contributed by atoms with van der Waals surface area (Å²) in [5, 5.41) is 3.36. The van der Waals surface area contributed by atoms with E-state index in [1.54, 1.807) is 12.1 Å². The summed E-state index contributed by atoms with van der Waals surface area (Å²) >= 11 is 0. The number of ether oxygens (including phenoxy) is 2. The van der Waals surface area contributed by atoms with Gasteiger partial charge in [0.15, 0.2) is 5.78 Å². The Hall–Kier alpha value is -2.14. The molecule has 2 aliphatic rings. The van der Waals surface area contributed by atoms with Gasteiger partial charge in [0.2, 0.25) is 0 Å². The van der Waals surface area contributed by atoms with E-state index in [0.717, 1.165) is 37.9 Å². The highest BCUT2D eigenvalue weighted by Crippen LogP contribution is 2.39. The second-order valence-corrected chi connectivity index (χ2v) is 6.10. The summed E-state index contributed by atoms with van der Waals surface area (Å²) in [6, 6.07) is 5.45. The average Bonchev–Trinajstić information content (AvgIpc) is 2.78. The van der Waals surface area contributed by atoms with Gasteiger partial charge in [0.05, 0.1) is 19.1 Å². The zero-order valence-corrected chi connectivity index (χ0v) is 13.3. The number of rotatable bonds is 2. The van der Waals surface area contributed by atoms with Crippen LogP contribution in [0, 0.1) is 0 Å². The van der Waals surface area contributed by atoms with Crippen LogP contribution in [0.3, 0.4) is 0 Å². The molecule has 5 nitrogen and oxygen atoms in total. The Morgan fingerprint density at radius 2 is 2.22 bits per heavy atom. The highest BCUT2D eigenvalue weighted by Gasteiger charge is 2.40. The molecule has 1 unspecified atom stereocenters. The van der Waals surface area contributed by atoms with Crippen molar-refractivity contribution in [3.63, 3.8) is 0 Å². The minimum Gasteiger partial charge on any atom is -0.486 e. The van der Waals surface area contributed by atoms with Gasteiger partial charge in [-0.2, -0.15) is 0 Å². The Balaban J connectivity index is 1.84. The number of benzene rings is 1. The average molecular weight is 315 g/mol. The van der Waals surface area contributed by atoms with E-state index in [-0.39, 0.29) is 11.4 Å². The van der Waals surface area contributed by atoms with Crippen LogP contribution in [0.1, 0.15) is 41.6 Å². The number of carbonyl (C=O) groups excluding carboxylic acids is 2. The highest BCUT2D eigenvalue weighted by atomic mass is 16.5. The van der Waals surface area contributed by atoms with Gasteiger partial charge in [0, 0.05) is 12.5 Å². The van der Waals surface area contributed by atoms with E-state index in [1.807, 2.05) is 12.1 Å². The van der Waals surface area contributed by atoms with Crippen LogP contribution in [0.2, 0.25) is 0 Å². The maximum absolute atomic E-state index is 12.6. The van der Waals surface area contributed by atoms with Crippen LogP contribution >= 0.6 is 0 Å². The van der Waals surface area contributed by atoms with E-state index in [4.69, 9.17) is 4.74 Å². The fourth-order valence-electron chi connectivity index (χ4n) is 3.23. The zero-order valence-electron chi connectivity index (χ0n) is 13.3. The molecule has 122 valence electrons. The molecule has 0 amide bonds. The molecule has 23 heavy (non-hydrogen) atoms. The molecule has 0 bridgehead atoms. The number of Topliss-reactive ketones (excluding diaryl/α,β-unsaturated/α-hetero) is 1. The number of methoxy groups -OCH3 is 1. The molecule has 1 saturated heterocycles. The Morgan fingerprint density at radius 3 is 3.04 bits per heavy atom. The molecule has 0 radical (unpaired) electrons. The van der Waals surface area contributed by atoms with Crippen molar-refractivity contribution in [1.29, 1.82) is 0 Å². The molecular formula is C18H21NO4. The zero-order chi connectivity index (χ0) is 16.3. The van der Waals surface area contributed by atoms with Gasteiger partial charge < -0.3 is 14.8 Å². The SMILES string of the molecule is COC(=O)C=Cc1ccc2c(c1)C(=O)CC1(CCCNCC1)O2. The molecule has 0 aliphatic carbocycles. The molecule has 0 aromatic heterocycles. The van der Waals surface area contributed by atoms with Crippen molar-refractivity contribution >= 4 is 17.8 Å². The number of hydrogen-bond donors (Lipinski definition) is 1. The Kier molecular flexibility index (Phi) is 4.48. The minimum absolute atomic E-state index is 0.112. The molecule has 1 spiro atoms. The van der Waals surface area contributed by atoms with E-state index in [2.05, 4.69) is 10.1 Å². The van der Waals surface area contributed by atoms with Crippen molar-refractivity contribution < 1.29 is 19.1 Å². The number of ketones is 1. The van der Waals surface area contributed by atoms with Crippen LogP contribution < -0.4 is 10.1 Å². The normalized spacial score (nSPS) is 24.1. The van der Waals surface area contributed by atoms with Crippen LogP contribution in [-0.2, 0) is 9.53 Å². The van der Waals surface area contributed by atoms with Crippen molar-refractivity contribution in [2.75, 3.05) is 20.2 Å². The third-order valence-corrected chi connectivity index (χ3v) is 4.47. The largest absolute Gasteiger partial charge is 0.486 e. The number of carbonyl (C=O) groups is 2. The van der Waals surface area contributed by atoms with E-state index >= 15 is 0 Å². The second-order valence-electron chi connectivity index (χ2n) is 6.10. The van der Waals surface area contributed by atoms with Gasteiger partial charge in [-0.15, -0.1) is 0 Å². The van der Waals surface area contributed by atoms with Crippen LogP contribution in [-0.4, -0.2) is 37.6 Å². The summed E-state index contributed by atoms with van der Waals surface area (Å²) in [6.07, 6.45) is 6.17. The fraction of sp³-hybridized carbons (Fsp3) is 0.444. The Morgan fingerprint density at radius 1 is 1.35 bits per heavy atom. The predicted octanol–water partition coefficient (Wildman–Crippen LogP) is 2.35. The quantitative estimate of drug-likeness (QED) is 0.670. The van der Waals surface area contributed by atoms with Crippen LogP contribution in [0.15, 0.2) is 24.3 Å². The first kappa shape index (κ1) is 15.7. The monoisotopic (exact) mass is 315 g/mol. The van der Waals surface area contributed by atoms with Gasteiger partial charge in [-0.25, -0.2) is 4.79 Å². The molecule has 0 saturated carbocycles. The lowest BCUT2D eigenvalue weighted by Crippen LogP contribution is -2.42. The molecule has 1 atom stereocenters. The van der Waals surface area contributed by atoms with E-state index in [0.29, 0.717) is 17.7 Å². The lowest BCUT2D eigenvalue weighted by atomic mass is 9.84. The Labute approximate surface area is 135 Å². The molecule has 2 heterocycles. The van der Waals surface area contributed by atoms with Crippen molar-refractivity contribution in [3.8, 4) is 5.75 Å². The second kappa shape index (κ2) is 6.54. The van der Waals surface area contributed by atoms with Gasteiger partial charge in [-0.05, 0) is 49.7 Å². The summed E-state index contributed by atoms with van der Waals surface area (Å²) in [6.45, 7) is 1.85. The molecule has 1 aromatic rings. The van der Waals surface area contributed by atoms with E-state index < -0.39 is 5.97 Å². The highest BCUT2D eigenvalue weighted by molar-refractivity contribution is 6.01.